The van der Waals surface area contributed by atoms with Crippen molar-refractivity contribution in [1.29, 1.82) is 0 Å². The molecule has 0 aliphatic heterocycles. The molecule has 0 radical (unpaired) electrons. The highest BCUT2D eigenvalue weighted by Gasteiger charge is 2.29. The lowest BCUT2D eigenvalue weighted by atomic mass is 9.83. The lowest BCUT2D eigenvalue weighted by molar-refractivity contribution is -0.156. The van der Waals surface area contributed by atoms with Crippen molar-refractivity contribution in [3.8, 4) is 0 Å². The Morgan fingerprint density at radius 1 is 1.57 bits per heavy atom. The van der Waals surface area contributed by atoms with E-state index >= 15 is 0 Å². The summed E-state index contributed by atoms with van der Waals surface area (Å²) in [7, 11) is 0. The Balaban J connectivity index is 2.04. The number of carboxylic acids is 1. The molecule has 1 aliphatic rings. The van der Waals surface area contributed by atoms with E-state index in [2.05, 4.69) is 5.32 Å². The van der Waals surface area contributed by atoms with E-state index in [1.54, 1.807) is 0 Å². The van der Waals surface area contributed by atoms with Crippen LogP contribution in [0.4, 0.5) is 0 Å². The van der Waals surface area contributed by atoms with Crippen molar-refractivity contribution < 1.29 is 15.0 Å². The average Bonchev–Trinajstić information content (AvgIpc) is 2.00. The van der Waals surface area contributed by atoms with E-state index in [4.69, 9.17) is 5.11 Å². The topological polar surface area (TPSA) is 69.6 Å². The van der Waals surface area contributed by atoms with Gasteiger partial charge in [-0.2, -0.15) is 0 Å². The van der Waals surface area contributed by atoms with Gasteiger partial charge in [0.15, 0.2) is 5.60 Å². The minimum atomic E-state index is -1.64. The number of hydrogen-bond acceptors (Lipinski definition) is 3. The van der Waals surface area contributed by atoms with Crippen LogP contribution in [0, 0.1) is 5.92 Å². The minimum Gasteiger partial charge on any atom is -0.479 e. The highest BCUT2D eigenvalue weighted by molar-refractivity contribution is 5.76. The fourth-order valence-electron chi connectivity index (χ4n) is 1.50. The van der Waals surface area contributed by atoms with E-state index in [1.807, 2.05) is 0 Å². The lowest BCUT2D eigenvalue weighted by Crippen LogP contribution is -2.45. The largest absolute Gasteiger partial charge is 0.479 e. The number of carbonyl (C=O) groups is 1. The molecule has 4 heteroatoms. The maximum atomic E-state index is 10.5. The Hall–Kier alpha value is -0.610. The molecule has 0 spiro atoms. The molecule has 4 nitrogen and oxygen atoms in total. The molecule has 1 aliphatic carbocycles. The predicted octanol–water partition coefficient (Wildman–Crippen LogP) is 0.602. The maximum Gasteiger partial charge on any atom is 0.336 e. The van der Waals surface area contributed by atoms with E-state index in [9.17, 15) is 9.90 Å². The van der Waals surface area contributed by atoms with Crippen LogP contribution in [0.3, 0.4) is 0 Å². The van der Waals surface area contributed by atoms with Crippen LogP contribution in [0.25, 0.3) is 0 Å². The van der Waals surface area contributed by atoms with E-state index < -0.39 is 11.6 Å². The second kappa shape index (κ2) is 4.75. The van der Waals surface area contributed by atoms with Crippen molar-refractivity contribution in [1.82, 2.24) is 5.32 Å². The normalized spacial score (nSPS) is 21.3. The summed E-state index contributed by atoms with van der Waals surface area (Å²) in [5, 5.41) is 21.0. The molecule has 3 N–H and O–H groups in total. The summed E-state index contributed by atoms with van der Waals surface area (Å²) < 4.78 is 0. The first-order chi connectivity index (χ1) is 6.52. The Labute approximate surface area is 84.3 Å². The molecule has 0 heterocycles. The maximum absolute atomic E-state index is 10.5. The molecule has 0 bridgehead atoms. The highest BCUT2D eigenvalue weighted by atomic mass is 16.4. The Morgan fingerprint density at radius 3 is 2.64 bits per heavy atom. The molecule has 0 aromatic heterocycles. The molecule has 0 aromatic carbocycles. The zero-order valence-corrected chi connectivity index (χ0v) is 8.62. The van der Waals surface area contributed by atoms with E-state index in [1.165, 1.54) is 26.2 Å². The van der Waals surface area contributed by atoms with Crippen LogP contribution in [0.5, 0.6) is 0 Å². The number of nitrogens with one attached hydrogen (secondary N) is 1. The predicted molar refractivity (Wildman–Crippen MR) is 53.1 cm³/mol. The van der Waals surface area contributed by atoms with Crippen LogP contribution in [0.1, 0.15) is 32.6 Å². The molecule has 1 atom stereocenters. The van der Waals surface area contributed by atoms with Crippen LogP contribution in [0.2, 0.25) is 0 Å². The van der Waals surface area contributed by atoms with Gasteiger partial charge in [-0.1, -0.05) is 19.3 Å². The fraction of sp³-hybridized carbons (Fsp3) is 0.900. The molecular weight excluding hydrogens is 182 g/mol. The average molecular weight is 201 g/mol. The smallest absolute Gasteiger partial charge is 0.336 e. The molecule has 1 rings (SSSR count). The quantitative estimate of drug-likeness (QED) is 0.550. The Morgan fingerprint density at radius 2 is 2.21 bits per heavy atom. The molecule has 0 aromatic rings. The van der Waals surface area contributed by atoms with Crippen molar-refractivity contribution in [3.05, 3.63) is 0 Å². The van der Waals surface area contributed by atoms with Gasteiger partial charge in [0, 0.05) is 6.54 Å². The number of carboxylic acid groups (broad SMARTS) is 1. The molecular formula is C10H19NO3. The van der Waals surface area contributed by atoms with Gasteiger partial charge in [0.2, 0.25) is 0 Å². The van der Waals surface area contributed by atoms with Gasteiger partial charge >= 0.3 is 5.97 Å². The van der Waals surface area contributed by atoms with E-state index in [0.717, 1.165) is 18.9 Å². The second-order valence-corrected chi connectivity index (χ2v) is 4.34. The molecule has 1 unspecified atom stereocenters. The summed E-state index contributed by atoms with van der Waals surface area (Å²) in [6.07, 6.45) is 5.03. The van der Waals surface area contributed by atoms with Crippen LogP contribution in [-0.2, 0) is 4.79 Å². The van der Waals surface area contributed by atoms with Gasteiger partial charge in [0.1, 0.15) is 0 Å². The molecule has 1 fully saturated rings. The van der Waals surface area contributed by atoms with Crippen molar-refractivity contribution in [2.75, 3.05) is 13.1 Å². The summed E-state index contributed by atoms with van der Waals surface area (Å²) in [6.45, 7) is 2.23. The highest BCUT2D eigenvalue weighted by Crippen LogP contribution is 2.28. The third kappa shape index (κ3) is 3.27. The van der Waals surface area contributed by atoms with Crippen molar-refractivity contribution in [3.63, 3.8) is 0 Å². The molecule has 0 amide bonds. The summed E-state index contributed by atoms with van der Waals surface area (Å²) in [4.78, 5) is 10.5. The first-order valence-corrected chi connectivity index (χ1v) is 5.19. The minimum absolute atomic E-state index is 0.120. The number of aliphatic hydroxyl groups is 1. The number of rotatable bonds is 6. The van der Waals surface area contributed by atoms with Gasteiger partial charge < -0.3 is 15.5 Å². The zero-order chi connectivity index (χ0) is 10.6. The van der Waals surface area contributed by atoms with Crippen molar-refractivity contribution in [2.45, 2.75) is 38.2 Å². The summed E-state index contributed by atoms with van der Waals surface area (Å²) in [5.41, 5.74) is -1.64. The van der Waals surface area contributed by atoms with Crippen molar-refractivity contribution >= 4 is 5.97 Å². The number of aliphatic carboxylic acids is 1. The Kier molecular flexibility index (Phi) is 3.89. The fourth-order valence-corrected chi connectivity index (χ4v) is 1.50. The van der Waals surface area contributed by atoms with E-state index in [-0.39, 0.29) is 6.54 Å². The van der Waals surface area contributed by atoms with Crippen LogP contribution in [-0.4, -0.2) is 34.9 Å². The third-order valence-electron chi connectivity index (χ3n) is 2.88. The molecule has 82 valence electrons. The first kappa shape index (κ1) is 11.5. The van der Waals surface area contributed by atoms with Crippen LogP contribution in [0.15, 0.2) is 0 Å². The van der Waals surface area contributed by atoms with E-state index in [0.29, 0.717) is 0 Å². The van der Waals surface area contributed by atoms with Gasteiger partial charge in [0.05, 0.1) is 0 Å². The van der Waals surface area contributed by atoms with Crippen LogP contribution >= 0.6 is 0 Å². The SMILES string of the molecule is CC(O)(CNCCC1CCC1)C(=O)O. The van der Waals surface area contributed by atoms with Gasteiger partial charge in [-0.05, 0) is 25.8 Å². The number of hydrogen-bond donors (Lipinski definition) is 3. The van der Waals surface area contributed by atoms with Gasteiger partial charge in [-0.25, -0.2) is 4.79 Å². The van der Waals surface area contributed by atoms with Gasteiger partial charge in [-0.15, -0.1) is 0 Å². The van der Waals surface area contributed by atoms with Crippen LogP contribution < -0.4 is 5.32 Å². The van der Waals surface area contributed by atoms with Gasteiger partial charge in [0.25, 0.3) is 0 Å². The molecule has 0 saturated heterocycles. The summed E-state index contributed by atoms with van der Waals surface area (Å²) in [6, 6.07) is 0. The molecule has 1 saturated carbocycles. The lowest BCUT2D eigenvalue weighted by Gasteiger charge is -2.26. The summed E-state index contributed by atoms with van der Waals surface area (Å²) >= 11 is 0. The molecule has 14 heavy (non-hydrogen) atoms. The monoisotopic (exact) mass is 201 g/mol. The first-order valence-electron chi connectivity index (χ1n) is 5.19. The second-order valence-electron chi connectivity index (χ2n) is 4.34. The zero-order valence-electron chi connectivity index (χ0n) is 8.62. The third-order valence-corrected chi connectivity index (χ3v) is 2.88. The van der Waals surface area contributed by atoms with Crippen molar-refractivity contribution in [2.24, 2.45) is 5.92 Å². The standard InChI is InChI=1S/C10H19NO3/c1-10(14,9(12)13)7-11-6-5-8-3-2-4-8/h8,11,14H,2-7H2,1H3,(H,12,13). The Bertz CT molecular complexity index is 200. The summed E-state index contributed by atoms with van der Waals surface area (Å²) in [5.74, 6) is -0.356. The van der Waals surface area contributed by atoms with Gasteiger partial charge in [-0.3, -0.25) is 0 Å².